The minimum absolute atomic E-state index is 0.0772. The van der Waals surface area contributed by atoms with E-state index in [-0.39, 0.29) is 24.1 Å². The molecule has 1 amide bonds. The lowest BCUT2D eigenvalue weighted by Gasteiger charge is -2.28. The molecule has 1 saturated carbocycles. The summed E-state index contributed by atoms with van der Waals surface area (Å²) in [5.74, 6) is 1.06. The molecule has 1 heterocycles. The Kier molecular flexibility index (Phi) is 5.83. The summed E-state index contributed by atoms with van der Waals surface area (Å²) in [6, 6.07) is 0.662. The van der Waals surface area contributed by atoms with Gasteiger partial charge in [-0.1, -0.05) is 19.9 Å². The van der Waals surface area contributed by atoms with E-state index >= 15 is 0 Å². The lowest BCUT2D eigenvalue weighted by molar-refractivity contribution is -0.130. The average molecular weight is 335 g/mol. The molecule has 5 nitrogen and oxygen atoms in total. The van der Waals surface area contributed by atoms with Crippen molar-refractivity contribution < 1.29 is 9.53 Å². The first kappa shape index (κ1) is 18.7. The van der Waals surface area contributed by atoms with Crippen LogP contribution in [0.1, 0.15) is 53.4 Å². The first-order valence-corrected chi connectivity index (χ1v) is 9.06. The Labute approximate surface area is 146 Å². The van der Waals surface area contributed by atoms with Crippen molar-refractivity contribution in [3.05, 3.63) is 24.7 Å². The normalized spacial score (nSPS) is 23.8. The molecule has 2 N–H and O–H groups in total. The summed E-state index contributed by atoms with van der Waals surface area (Å²) in [7, 11) is 0. The van der Waals surface area contributed by atoms with Crippen LogP contribution in [0.5, 0.6) is 0 Å². The van der Waals surface area contributed by atoms with E-state index in [1.54, 1.807) is 0 Å². The van der Waals surface area contributed by atoms with Crippen LogP contribution in [0.4, 0.5) is 0 Å². The summed E-state index contributed by atoms with van der Waals surface area (Å²) >= 11 is 0. The monoisotopic (exact) mass is 335 g/mol. The van der Waals surface area contributed by atoms with Gasteiger partial charge in [0.1, 0.15) is 5.60 Å². The summed E-state index contributed by atoms with van der Waals surface area (Å²) in [6.07, 6.45) is 4.51. The van der Waals surface area contributed by atoms with Gasteiger partial charge in [-0.15, -0.1) is 0 Å². The summed E-state index contributed by atoms with van der Waals surface area (Å²) in [5.41, 5.74) is 0.672. The quantitative estimate of drug-likeness (QED) is 0.670. The fourth-order valence-corrected chi connectivity index (χ4v) is 3.09. The maximum Gasteiger partial charge on any atom is 0.242 e. The predicted octanol–water partition coefficient (Wildman–Crippen LogP) is 2.76. The van der Waals surface area contributed by atoms with Gasteiger partial charge in [0.2, 0.25) is 5.91 Å². The Morgan fingerprint density at radius 3 is 2.50 bits per heavy atom. The van der Waals surface area contributed by atoms with Gasteiger partial charge in [0.25, 0.3) is 0 Å². The summed E-state index contributed by atoms with van der Waals surface area (Å²) in [5, 5.41) is 6.47. The Bertz CT molecular complexity index is 491. The van der Waals surface area contributed by atoms with E-state index in [4.69, 9.17) is 4.74 Å². The Morgan fingerprint density at radius 1 is 1.29 bits per heavy atom. The second kappa shape index (κ2) is 7.49. The lowest BCUT2D eigenvalue weighted by atomic mass is 10.0. The van der Waals surface area contributed by atoms with Gasteiger partial charge in [0, 0.05) is 18.3 Å². The first-order chi connectivity index (χ1) is 11.2. The molecule has 0 aromatic heterocycles. The molecule has 0 unspecified atom stereocenters. The SMILES string of the molecule is C=C(NCC(=O)N1C[C@@H](CC)C[C@H]1C(=C)NC1CC1)OC(C)(C)C. The third-order valence-corrected chi connectivity index (χ3v) is 4.52. The Balaban J connectivity index is 1.89. The van der Waals surface area contributed by atoms with Crippen LogP contribution in [0, 0.1) is 5.92 Å². The number of ether oxygens (including phenoxy) is 1. The number of carbonyl (C=O) groups is 1. The predicted molar refractivity (Wildman–Crippen MR) is 97.2 cm³/mol. The molecule has 0 radical (unpaired) electrons. The van der Waals surface area contributed by atoms with Crippen LogP contribution in [0.2, 0.25) is 0 Å². The van der Waals surface area contributed by atoms with E-state index in [1.807, 2.05) is 25.7 Å². The molecule has 5 heteroatoms. The smallest absolute Gasteiger partial charge is 0.242 e. The molecule has 0 aromatic rings. The topological polar surface area (TPSA) is 53.6 Å². The molecular weight excluding hydrogens is 302 g/mol. The third-order valence-electron chi connectivity index (χ3n) is 4.52. The maximum absolute atomic E-state index is 12.7. The number of likely N-dealkylation sites (tertiary alicyclic amines) is 1. The average Bonchev–Trinajstić information content (AvgIpc) is 3.17. The van der Waals surface area contributed by atoms with Crippen molar-refractivity contribution in [2.24, 2.45) is 5.92 Å². The van der Waals surface area contributed by atoms with Crippen molar-refractivity contribution in [1.82, 2.24) is 15.5 Å². The van der Waals surface area contributed by atoms with Crippen molar-refractivity contribution in [1.29, 1.82) is 0 Å². The summed E-state index contributed by atoms with van der Waals surface area (Å²) in [6.45, 7) is 17.1. The highest BCUT2D eigenvalue weighted by atomic mass is 16.5. The number of amides is 1. The van der Waals surface area contributed by atoms with Gasteiger partial charge >= 0.3 is 0 Å². The van der Waals surface area contributed by atoms with Gasteiger partial charge in [-0.2, -0.15) is 0 Å². The number of nitrogens with one attached hydrogen (secondary N) is 2. The number of hydrogen-bond donors (Lipinski definition) is 2. The zero-order valence-corrected chi connectivity index (χ0v) is 15.7. The zero-order chi connectivity index (χ0) is 17.9. The minimum Gasteiger partial charge on any atom is -0.474 e. The molecule has 1 aliphatic heterocycles. The lowest BCUT2D eigenvalue weighted by Crippen LogP contribution is -2.44. The van der Waals surface area contributed by atoms with Crippen molar-refractivity contribution >= 4 is 5.91 Å². The van der Waals surface area contributed by atoms with Crippen LogP contribution < -0.4 is 10.6 Å². The van der Waals surface area contributed by atoms with Crippen molar-refractivity contribution in [2.75, 3.05) is 13.1 Å². The van der Waals surface area contributed by atoms with E-state index in [9.17, 15) is 4.79 Å². The fraction of sp³-hybridized carbons (Fsp3) is 0.737. The highest BCUT2D eigenvalue weighted by Crippen LogP contribution is 2.30. The van der Waals surface area contributed by atoms with Gasteiger partial charge in [-0.3, -0.25) is 4.79 Å². The van der Waals surface area contributed by atoms with Crippen molar-refractivity contribution in [3.8, 4) is 0 Å². The van der Waals surface area contributed by atoms with Gasteiger partial charge < -0.3 is 20.3 Å². The van der Waals surface area contributed by atoms with E-state index in [1.165, 1.54) is 12.8 Å². The van der Waals surface area contributed by atoms with Crippen LogP contribution in [-0.2, 0) is 9.53 Å². The van der Waals surface area contributed by atoms with Crippen LogP contribution in [-0.4, -0.2) is 41.6 Å². The highest BCUT2D eigenvalue weighted by molar-refractivity contribution is 5.79. The van der Waals surface area contributed by atoms with E-state index in [0.717, 1.165) is 25.1 Å². The van der Waals surface area contributed by atoms with E-state index in [0.29, 0.717) is 17.8 Å². The molecule has 136 valence electrons. The standard InChI is InChI=1S/C19H33N3O2/c1-7-15-10-17(13(2)21-16-8-9-16)22(12-15)18(23)11-20-14(3)24-19(4,5)6/h15-17,20-21H,2-3,7-12H2,1,4-6H3/t15-,17-/m0/s1. The molecule has 1 aliphatic carbocycles. The van der Waals surface area contributed by atoms with Crippen molar-refractivity contribution in [2.45, 2.75) is 71.1 Å². The molecule has 1 saturated heterocycles. The number of carbonyl (C=O) groups excluding carboxylic acids is 1. The van der Waals surface area contributed by atoms with Crippen molar-refractivity contribution in [3.63, 3.8) is 0 Å². The molecule has 0 spiro atoms. The van der Waals surface area contributed by atoms with Gasteiger partial charge in [0.05, 0.1) is 12.6 Å². The largest absolute Gasteiger partial charge is 0.474 e. The molecule has 2 atom stereocenters. The number of nitrogens with zero attached hydrogens (tertiary/aromatic N) is 1. The van der Waals surface area contributed by atoms with Crippen LogP contribution >= 0.6 is 0 Å². The molecule has 0 bridgehead atoms. The van der Waals surface area contributed by atoms with Gasteiger partial charge in [0.15, 0.2) is 5.88 Å². The van der Waals surface area contributed by atoms with E-state index < -0.39 is 0 Å². The first-order valence-electron chi connectivity index (χ1n) is 9.06. The molecule has 0 aromatic carbocycles. The zero-order valence-electron chi connectivity index (χ0n) is 15.7. The number of hydrogen-bond acceptors (Lipinski definition) is 4. The van der Waals surface area contributed by atoms with Crippen LogP contribution in [0.25, 0.3) is 0 Å². The summed E-state index contributed by atoms with van der Waals surface area (Å²) < 4.78 is 5.62. The fourth-order valence-electron chi connectivity index (χ4n) is 3.09. The summed E-state index contributed by atoms with van der Waals surface area (Å²) in [4.78, 5) is 14.7. The second-order valence-corrected chi connectivity index (χ2v) is 8.01. The highest BCUT2D eigenvalue weighted by Gasteiger charge is 2.37. The molecule has 24 heavy (non-hydrogen) atoms. The number of rotatable bonds is 8. The van der Waals surface area contributed by atoms with Gasteiger partial charge in [-0.05, 0) is 52.5 Å². The van der Waals surface area contributed by atoms with Crippen LogP contribution in [0.3, 0.4) is 0 Å². The molecular formula is C19H33N3O2. The second-order valence-electron chi connectivity index (χ2n) is 8.01. The van der Waals surface area contributed by atoms with E-state index in [2.05, 4.69) is 30.7 Å². The van der Waals surface area contributed by atoms with Crippen LogP contribution in [0.15, 0.2) is 24.7 Å². The van der Waals surface area contributed by atoms with Gasteiger partial charge in [-0.25, -0.2) is 0 Å². The Hall–Kier alpha value is -1.65. The third kappa shape index (κ3) is 5.46. The maximum atomic E-state index is 12.7. The molecule has 2 fully saturated rings. The molecule has 2 rings (SSSR count). The Morgan fingerprint density at radius 2 is 1.96 bits per heavy atom. The molecule has 2 aliphatic rings. The minimum atomic E-state index is -0.320.